The van der Waals surface area contributed by atoms with Crippen LogP contribution in [0.1, 0.15) is 24.8 Å². The van der Waals surface area contributed by atoms with Gasteiger partial charge < -0.3 is 11.1 Å². The van der Waals surface area contributed by atoms with E-state index in [1.807, 2.05) is 37.3 Å². The SMILES string of the molecule is Cc1ccc(NC(=O)[C@H](CCCCN)NS(=O)(=O)c2cccc3ccccc23)cc1. The molecule has 0 spiro atoms. The van der Waals surface area contributed by atoms with Crippen LogP contribution in [0.5, 0.6) is 0 Å². The van der Waals surface area contributed by atoms with Crippen LogP contribution < -0.4 is 15.8 Å². The Kier molecular flexibility index (Phi) is 7.20. The summed E-state index contributed by atoms with van der Waals surface area (Å²) in [5.74, 6) is -0.389. The topological polar surface area (TPSA) is 101 Å². The Morgan fingerprint density at radius 1 is 0.967 bits per heavy atom. The highest BCUT2D eigenvalue weighted by Gasteiger charge is 2.26. The first kappa shape index (κ1) is 22.0. The molecule has 3 aromatic rings. The van der Waals surface area contributed by atoms with Crippen molar-refractivity contribution in [3.63, 3.8) is 0 Å². The molecule has 4 N–H and O–H groups in total. The van der Waals surface area contributed by atoms with Gasteiger partial charge in [0.2, 0.25) is 15.9 Å². The molecule has 0 radical (unpaired) electrons. The van der Waals surface area contributed by atoms with E-state index in [1.54, 1.807) is 36.4 Å². The van der Waals surface area contributed by atoms with Gasteiger partial charge in [-0.25, -0.2) is 8.42 Å². The molecule has 30 heavy (non-hydrogen) atoms. The minimum absolute atomic E-state index is 0.160. The Bertz CT molecular complexity index is 1110. The third-order valence-electron chi connectivity index (χ3n) is 4.92. The second-order valence-electron chi connectivity index (χ2n) is 7.29. The maximum absolute atomic E-state index is 13.2. The normalized spacial score (nSPS) is 12.6. The number of amides is 1. The van der Waals surface area contributed by atoms with Crippen molar-refractivity contribution in [2.75, 3.05) is 11.9 Å². The first-order valence-electron chi connectivity index (χ1n) is 9.98. The summed E-state index contributed by atoms with van der Waals surface area (Å²) in [5, 5.41) is 4.25. The number of nitrogens with one attached hydrogen (secondary N) is 2. The lowest BCUT2D eigenvalue weighted by molar-refractivity contribution is -0.117. The fraction of sp³-hybridized carbons (Fsp3) is 0.261. The van der Waals surface area contributed by atoms with Gasteiger partial charge in [-0.2, -0.15) is 4.72 Å². The molecule has 0 aliphatic rings. The van der Waals surface area contributed by atoms with E-state index in [0.29, 0.717) is 36.9 Å². The monoisotopic (exact) mass is 425 g/mol. The largest absolute Gasteiger partial charge is 0.330 e. The molecule has 0 bridgehead atoms. The number of benzene rings is 3. The second-order valence-corrected chi connectivity index (χ2v) is 8.97. The van der Waals surface area contributed by atoms with Gasteiger partial charge in [0, 0.05) is 11.1 Å². The summed E-state index contributed by atoms with van der Waals surface area (Å²) >= 11 is 0. The van der Waals surface area contributed by atoms with E-state index in [9.17, 15) is 13.2 Å². The van der Waals surface area contributed by atoms with Gasteiger partial charge in [0.15, 0.2) is 0 Å². The second kappa shape index (κ2) is 9.84. The fourth-order valence-corrected chi connectivity index (χ4v) is 4.74. The maximum atomic E-state index is 13.2. The molecule has 1 amide bonds. The molecule has 3 rings (SSSR count). The Morgan fingerprint density at radius 3 is 2.40 bits per heavy atom. The van der Waals surface area contributed by atoms with Crippen molar-refractivity contribution in [2.24, 2.45) is 5.73 Å². The Labute approximate surface area is 177 Å². The molecule has 7 heteroatoms. The lowest BCUT2D eigenvalue weighted by Crippen LogP contribution is -2.43. The van der Waals surface area contributed by atoms with E-state index in [1.165, 1.54) is 0 Å². The third-order valence-corrected chi connectivity index (χ3v) is 6.45. The van der Waals surface area contributed by atoms with Gasteiger partial charge in [0.05, 0.1) is 4.90 Å². The molecule has 0 heterocycles. The number of carbonyl (C=O) groups is 1. The summed E-state index contributed by atoms with van der Waals surface area (Å²) in [6, 6.07) is 18.9. The van der Waals surface area contributed by atoms with Gasteiger partial charge in [-0.15, -0.1) is 0 Å². The van der Waals surface area contributed by atoms with Gasteiger partial charge in [-0.3, -0.25) is 4.79 Å². The van der Waals surface area contributed by atoms with E-state index in [2.05, 4.69) is 10.0 Å². The molecule has 3 aromatic carbocycles. The van der Waals surface area contributed by atoms with E-state index >= 15 is 0 Å². The Morgan fingerprint density at radius 2 is 1.67 bits per heavy atom. The highest BCUT2D eigenvalue weighted by atomic mass is 32.2. The van der Waals surface area contributed by atoms with Crippen LogP contribution in [0.3, 0.4) is 0 Å². The average Bonchev–Trinajstić information content (AvgIpc) is 2.74. The van der Waals surface area contributed by atoms with Crippen molar-refractivity contribution in [1.82, 2.24) is 4.72 Å². The molecular formula is C23H27N3O3S. The van der Waals surface area contributed by atoms with Crippen LogP contribution in [0, 0.1) is 6.92 Å². The summed E-state index contributed by atoms with van der Waals surface area (Å²) in [5.41, 5.74) is 7.27. The molecule has 0 fully saturated rings. The Hall–Kier alpha value is -2.74. The molecule has 0 aliphatic carbocycles. The number of hydrogen-bond acceptors (Lipinski definition) is 4. The molecule has 6 nitrogen and oxygen atoms in total. The van der Waals surface area contributed by atoms with E-state index in [4.69, 9.17) is 5.73 Å². The van der Waals surface area contributed by atoms with E-state index in [-0.39, 0.29) is 10.8 Å². The predicted molar refractivity (Wildman–Crippen MR) is 121 cm³/mol. The van der Waals surface area contributed by atoms with E-state index in [0.717, 1.165) is 10.9 Å². The van der Waals surface area contributed by atoms with Crippen molar-refractivity contribution in [3.05, 3.63) is 72.3 Å². The molecule has 0 saturated heterocycles. The van der Waals surface area contributed by atoms with Gasteiger partial charge in [0.25, 0.3) is 0 Å². The summed E-state index contributed by atoms with van der Waals surface area (Å²) in [6.07, 6.45) is 1.71. The van der Waals surface area contributed by atoms with Crippen LogP contribution in [0.25, 0.3) is 10.8 Å². The third kappa shape index (κ3) is 5.44. The van der Waals surface area contributed by atoms with Crippen LogP contribution in [0.15, 0.2) is 71.6 Å². The molecule has 0 unspecified atom stereocenters. The summed E-state index contributed by atoms with van der Waals surface area (Å²) in [6.45, 7) is 2.45. The maximum Gasteiger partial charge on any atom is 0.242 e. The average molecular weight is 426 g/mol. The van der Waals surface area contributed by atoms with Crippen LogP contribution in [-0.4, -0.2) is 26.9 Å². The standard InChI is InChI=1S/C23H27N3O3S/c1-17-12-14-19(15-13-17)25-23(27)21(10-4-5-16-24)26-30(28,29)22-11-6-8-18-7-2-3-9-20(18)22/h2-3,6-9,11-15,21,26H,4-5,10,16,24H2,1H3,(H,25,27)/t21-/m0/s1. The highest BCUT2D eigenvalue weighted by Crippen LogP contribution is 2.23. The van der Waals surface area contributed by atoms with Gasteiger partial charge >= 0.3 is 0 Å². The number of carbonyl (C=O) groups excluding carboxylic acids is 1. The number of nitrogens with two attached hydrogens (primary N) is 1. The quantitative estimate of drug-likeness (QED) is 0.456. The number of unbranched alkanes of at least 4 members (excludes halogenated alkanes) is 1. The zero-order valence-corrected chi connectivity index (χ0v) is 17.8. The summed E-state index contributed by atoms with van der Waals surface area (Å²) < 4.78 is 29.0. The van der Waals surface area contributed by atoms with Crippen LogP contribution in [0.2, 0.25) is 0 Å². The molecule has 0 aliphatic heterocycles. The van der Waals surface area contributed by atoms with Crippen molar-refractivity contribution in [3.8, 4) is 0 Å². The Balaban J connectivity index is 1.85. The zero-order valence-electron chi connectivity index (χ0n) is 17.0. The first-order valence-corrected chi connectivity index (χ1v) is 11.5. The van der Waals surface area contributed by atoms with Crippen molar-refractivity contribution in [1.29, 1.82) is 0 Å². The fourth-order valence-electron chi connectivity index (χ4n) is 3.28. The van der Waals surface area contributed by atoms with E-state index < -0.39 is 16.1 Å². The number of rotatable bonds is 9. The first-order chi connectivity index (χ1) is 14.4. The number of fused-ring (bicyclic) bond motifs is 1. The van der Waals surface area contributed by atoms with Crippen molar-refractivity contribution < 1.29 is 13.2 Å². The van der Waals surface area contributed by atoms with Crippen LogP contribution >= 0.6 is 0 Å². The van der Waals surface area contributed by atoms with Gasteiger partial charge in [-0.1, -0.05) is 60.5 Å². The van der Waals surface area contributed by atoms with Crippen LogP contribution in [-0.2, 0) is 14.8 Å². The molecule has 0 saturated carbocycles. The number of hydrogen-bond donors (Lipinski definition) is 3. The van der Waals surface area contributed by atoms with Gasteiger partial charge in [-0.05, 0) is 49.9 Å². The predicted octanol–water partition coefficient (Wildman–Crippen LogP) is 3.56. The summed E-state index contributed by atoms with van der Waals surface area (Å²) in [4.78, 5) is 13.1. The number of aryl methyl sites for hydroxylation is 1. The molecule has 0 aromatic heterocycles. The molecular weight excluding hydrogens is 398 g/mol. The highest BCUT2D eigenvalue weighted by molar-refractivity contribution is 7.89. The summed E-state index contributed by atoms with van der Waals surface area (Å²) in [7, 11) is -3.91. The lowest BCUT2D eigenvalue weighted by Gasteiger charge is -2.19. The van der Waals surface area contributed by atoms with Gasteiger partial charge in [0.1, 0.15) is 6.04 Å². The number of anilines is 1. The zero-order chi connectivity index (χ0) is 21.6. The van der Waals surface area contributed by atoms with Crippen molar-refractivity contribution in [2.45, 2.75) is 37.1 Å². The van der Waals surface area contributed by atoms with Crippen molar-refractivity contribution >= 4 is 32.4 Å². The smallest absolute Gasteiger partial charge is 0.242 e. The molecule has 158 valence electrons. The minimum atomic E-state index is -3.91. The van der Waals surface area contributed by atoms with Crippen LogP contribution in [0.4, 0.5) is 5.69 Å². The molecule has 1 atom stereocenters. The lowest BCUT2D eigenvalue weighted by atomic mass is 10.1. The minimum Gasteiger partial charge on any atom is -0.330 e. The number of sulfonamides is 1.